The Labute approximate surface area is 186 Å². The smallest absolute Gasteiger partial charge is 0.409 e. The highest BCUT2D eigenvalue weighted by Crippen LogP contribution is 2.29. The zero-order chi connectivity index (χ0) is 21.1. The molecule has 1 aliphatic heterocycles. The van der Waals surface area contributed by atoms with Crippen LogP contribution < -0.4 is 10.6 Å². The third-order valence-electron chi connectivity index (χ3n) is 4.79. The standard InChI is InChI=1S/C21H21BrN4O3S/c1-2-29-21(28)26-8-7-16(12-26)24-19-6-4-15(11-23-19)25-20(27)18-10-13-9-14(22)3-5-17(13)30-18/h3-6,9-11,16H,2,7-8,12H2,1H3,(H,23,24)(H,25,27). The number of halogens is 1. The molecule has 1 aromatic carbocycles. The molecule has 0 radical (unpaired) electrons. The van der Waals surface area contributed by atoms with E-state index in [1.54, 1.807) is 18.0 Å². The van der Waals surface area contributed by atoms with Crippen LogP contribution in [-0.2, 0) is 4.74 Å². The molecule has 0 saturated carbocycles. The zero-order valence-electron chi connectivity index (χ0n) is 16.4. The Bertz CT molecular complexity index is 1070. The number of ether oxygens (including phenoxy) is 1. The SMILES string of the molecule is CCOC(=O)N1CCC(Nc2ccc(NC(=O)c3cc4cc(Br)ccc4s3)cn2)C1. The molecule has 2 aromatic heterocycles. The van der Waals surface area contributed by atoms with Crippen LogP contribution in [0.25, 0.3) is 10.1 Å². The van der Waals surface area contributed by atoms with Crippen molar-refractivity contribution >= 4 is 60.9 Å². The van der Waals surface area contributed by atoms with Gasteiger partial charge in [0.1, 0.15) is 5.82 Å². The first-order chi connectivity index (χ1) is 14.5. The number of nitrogens with one attached hydrogen (secondary N) is 2. The Hall–Kier alpha value is -2.65. The minimum Gasteiger partial charge on any atom is -0.450 e. The van der Waals surface area contributed by atoms with E-state index < -0.39 is 0 Å². The van der Waals surface area contributed by atoms with Crippen molar-refractivity contribution in [2.45, 2.75) is 19.4 Å². The lowest BCUT2D eigenvalue weighted by atomic mass is 10.2. The van der Waals surface area contributed by atoms with Gasteiger partial charge in [-0.05, 0) is 55.1 Å². The Kier molecular flexibility index (Phi) is 6.19. The summed E-state index contributed by atoms with van der Waals surface area (Å²) < 4.78 is 7.09. The molecule has 7 nitrogen and oxygen atoms in total. The number of carbonyl (C=O) groups excluding carboxylic acids is 2. The lowest BCUT2D eigenvalue weighted by Crippen LogP contribution is -2.32. The molecule has 9 heteroatoms. The molecule has 0 spiro atoms. The van der Waals surface area contributed by atoms with Crippen molar-refractivity contribution in [3.63, 3.8) is 0 Å². The van der Waals surface area contributed by atoms with Gasteiger partial charge in [-0.15, -0.1) is 11.3 Å². The third kappa shape index (κ3) is 4.73. The fourth-order valence-electron chi connectivity index (χ4n) is 3.34. The van der Waals surface area contributed by atoms with Gasteiger partial charge >= 0.3 is 6.09 Å². The minimum absolute atomic E-state index is 0.125. The molecule has 4 rings (SSSR count). The molecule has 3 heterocycles. The van der Waals surface area contributed by atoms with Gasteiger partial charge in [-0.1, -0.05) is 15.9 Å². The number of likely N-dealkylation sites (tertiary alicyclic amines) is 1. The number of benzene rings is 1. The van der Waals surface area contributed by atoms with Crippen molar-refractivity contribution in [2.24, 2.45) is 0 Å². The van der Waals surface area contributed by atoms with Crippen molar-refractivity contribution in [1.29, 1.82) is 0 Å². The highest BCUT2D eigenvalue weighted by Gasteiger charge is 2.27. The van der Waals surface area contributed by atoms with Gasteiger partial charge in [-0.2, -0.15) is 0 Å². The maximum absolute atomic E-state index is 12.6. The predicted molar refractivity (Wildman–Crippen MR) is 122 cm³/mol. The summed E-state index contributed by atoms with van der Waals surface area (Å²) in [5, 5.41) is 7.25. The lowest BCUT2D eigenvalue weighted by molar-refractivity contribution is 0.103. The first kappa shape index (κ1) is 20.6. The monoisotopic (exact) mass is 488 g/mol. The van der Waals surface area contributed by atoms with E-state index in [1.165, 1.54) is 11.3 Å². The van der Waals surface area contributed by atoms with Gasteiger partial charge in [0.25, 0.3) is 5.91 Å². The molecule has 1 aliphatic rings. The first-order valence-electron chi connectivity index (χ1n) is 9.66. The van der Waals surface area contributed by atoms with Crippen LogP contribution in [0.1, 0.15) is 23.0 Å². The number of hydrogen-bond donors (Lipinski definition) is 2. The largest absolute Gasteiger partial charge is 0.450 e. The average Bonchev–Trinajstić information content (AvgIpc) is 3.36. The third-order valence-corrected chi connectivity index (χ3v) is 6.40. The van der Waals surface area contributed by atoms with E-state index in [0.717, 1.165) is 21.0 Å². The second-order valence-electron chi connectivity index (χ2n) is 6.95. The summed E-state index contributed by atoms with van der Waals surface area (Å²) in [6.07, 6.45) is 2.19. The lowest BCUT2D eigenvalue weighted by Gasteiger charge is -2.16. The van der Waals surface area contributed by atoms with Crippen LogP contribution in [0.15, 0.2) is 47.1 Å². The van der Waals surface area contributed by atoms with Crippen LogP contribution >= 0.6 is 27.3 Å². The summed E-state index contributed by atoms with van der Waals surface area (Å²) in [5.74, 6) is 0.547. The summed E-state index contributed by atoms with van der Waals surface area (Å²) >= 11 is 4.91. The molecular weight excluding hydrogens is 468 g/mol. The van der Waals surface area contributed by atoms with Gasteiger partial charge in [0.2, 0.25) is 0 Å². The Balaban J connectivity index is 1.34. The fourth-order valence-corrected chi connectivity index (χ4v) is 4.66. The molecule has 1 atom stereocenters. The zero-order valence-corrected chi connectivity index (χ0v) is 18.8. The highest BCUT2D eigenvalue weighted by atomic mass is 79.9. The summed E-state index contributed by atoms with van der Waals surface area (Å²) in [6.45, 7) is 3.42. The van der Waals surface area contributed by atoms with Gasteiger partial charge < -0.3 is 20.3 Å². The van der Waals surface area contributed by atoms with Crippen molar-refractivity contribution < 1.29 is 14.3 Å². The van der Waals surface area contributed by atoms with Gasteiger partial charge in [-0.25, -0.2) is 9.78 Å². The van der Waals surface area contributed by atoms with Crippen molar-refractivity contribution in [3.8, 4) is 0 Å². The van der Waals surface area contributed by atoms with Gasteiger partial charge in [-0.3, -0.25) is 4.79 Å². The highest BCUT2D eigenvalue weighted by molar-refractivity contribution is 9.10. The molecule has 1 fully saturated rings. The predicted octanol–water partition coefficient (Wildman–Crippen LogP) is 4.95. The molecule has 1 unspecified atom stereocenters. The number of nitrogens with zero attached hydrogens (tertiary/aromatic N) is 2. The molecule has 2 amide bonds. The second kappa shape index (κ2) is 9.01. The molecule has 2 N–H and O–H groups in total. The molecule has 0 bridgehead atoms. The van der Waals surface area contributed by atoms with E-state index in [1.807, 2.05) is 36.4 Å². The van der Waals surface area contributed by atoms with E-state index in [0.29, 0.717) is 36.1 Å². The number of carbonyl (C=O) groups is 2. The van der Waals surface area contributed by atoms with Crippen LogP contribution in [0, 0.1) is 0 Å². The topological polar surface area (TPSA) is 83.6 Å². The van der Waals surface area contributed by atoms with E-state index in [-0.39, 0.29) is 18.0 Å². The maximum Gasteiger partial charge on any atom is 0.409 e. The van der Waals surface area contributed by atoms with Gasteiger partial charge in [0.05, 0.1) is 23.4 Å². The molecule has 1 saturated heterocycles. The molecule has 0 aliphatic carbocycles. The summed E-state index contributed by atoms with van der Waals surface area (Å²) in [5.41, 5.74) is 0.628. The van der Waals surface area contributed by atoms with Crippen LogP contribution in [0.4, 0.5) is 16.3 Å². The number of aromatic nitrogens is 1. The molecule has 156 valence electrons. The Morgan fingerprint density at radius 2 is 2.17 bits per heavy atom. The minimum atomic E-state index is -0.276. The van der Waals surface area contributed by atoms with Crippen molar-refractivity contribution in [2.75, 3.05) is 30.3 Å². The first-order valence-corrected chi connectivity index (χ1v) is 11.3. The van der Waals surface area contributed by atoms with E-state index in [4.69, 9.17) is 4.74 Å². The second-order valence-corrected chi connectivity index (χ2v) is 8.95. The number of thiophene rings is 1. The number of pyridine rings is 1. The maximum atomic E-state index is 12.6. The van der Waals surface area contributed by atoms with Crippen LogP contribution in [-0.4, -0.2) is 47.6 Å². The number of amides is 2. The normalized spacial score (nSPS) is 15.9. The molecular formula is C21H21BrN4O3S. The average molecular weight is 489 g/mol. The number of hydrogen-bond acceptors (Lipinski definition) is 6. The van der Waals surface area contributed by atoms with Gasteiger partial charge in [0.15, 0.2) is 0 Å². The van der Waals surface area contributed by atoms with E-state index >= 15 is 0 Å². The van der Waals surface area contributed by atoms with E-state index in [9.17, 15) is 9.59 Å². The Morgan fingerprint density at radius 3 is 2.93 bits per heavy atom. The summed E-state index contributed by atoms with van der Waals surface area (Å²) in [6, 6.07) is 11.6. The van der Waals surface area contributed by atoms with Gasteiger partial charge in [0, 0.05) is 28.3 Å². The quantitative estimate of drug-likeness (QED) is 0.530. The number of anilines is 2. The van der Waals surface area contributed by atoms with Crippen LogP contribution in [0.3, 0.4) is 0 Å². The fraction of sp³-hybridized carbons (Fsp3) is 0.286. The number of fused-ring (bicyclic) bond motifs is 1. The number of rotatable bonds is 5. The summed E-state index contributed by atoms with van der Waals surface area (Å²) in [7, 11) is 0. The molecule has 30 heavy (non-hydrogen) atoms. The molecule has 3 aromatic rings. The Morgan fingerprint density at radius 1 is 1.30 bits per heavy atom. The summed E-state index contributed by atoms with van der Waals surface area (Å²) in [4.78, 5) is 31.1. The van der Waals surface area contributed by atoms with Crippen LogP contribution in [0.2, 0.25) is 0 Å². The van der Waals surface area contributed by atoms with Crippen molar-refractivity contribution in [1.82, 2.24) is 9.88 Å². The van der Waals surface area contributed by atoms with Crippen molar-refractivity contribution in [3.05, 3.63) is 51.9 Å². The van der Waals surface area contributed by atoms with Crippen LogP contribution in [0.5, 0.6) is 0 Å². The van der Waals surface area contributed by atoms with E-state index in [2.05, 4.69) is 31.5 Å².